The van der Waals surface area contributed by atoms with Crippen LogP contribution in [0.15, 0.2) is 42.5 Å². The summed E-state index contributed by atoms with van der Waals surface area (Å²) in [7, 11) is 1.34. The Morgan fingerprint density at radius 3 is 2.59 bits per heavy atom. The van der Waals surface area contributed by atoms with Crippen molar-refractivity contribution in [3.63, 3.8) is 0 Å². The maximum absolute atomic E-state index is 12.7. The van der Waals surface area contributed by atoms with Gasteiger partial charge in [0, 0.05) is 47.5 Å². The van der Waals surface area contributed by atoms with Gasteiger partial charge in [-0.2, -0.15) is 20.5 Å². The van der Waals surface area contributed by atoms with E-state index >= 15 is 0 Å². The van der Waals surface area contributed by atoms with Crippen LogP contribution < -0.4 is 14.8 Å². The third-order valence-corrected chi connectivity index (χ3v) is 5.82. The van der Waals surface area contributed by atoms with Gasteiger partial charge in [0.05, 0.1) is 7.11 Å². The molecule has 0 atom stereocenters. The van der Waals surface area contributed by atoms with Crippen molar-refractivity contribution in [2.75, 3.05) is 37.0 Å². The maximum Gasteiger partial charge on any atom is 0.387 e. The number of halogens is 2. The number of ether oxygens (including phenoxy) is 2. The molecule has 3 rings (SSSR count). The Labute approximate surface area is 189 Å². The molecule has 1 saturated heterocycles. The molecular weight excluding hydrogens is 438 g/mol. The largest absolute Gasteiger partial charge is 0.493 e. The molecule has 1 heterocycles. The summed E-state index contributed by atoms with van der Waals surface area (Å²) in [6.07, 6.45) is 2.59. The van der Waals surface area contributed by atoms with Gasteiger partial charge in [-0.15, -0.1) is 0 Å². The molecule has 1 N–H and O–H groups in total. The first kappa shape index (κ1) is 23.6. The lowest BCUT2D eigenvalue weighted by molar-refractivity contribution is -0.111. The molecule has 6 nitrogen and oxygen atoms in total. The van der Waals surface area contributed by atoms with Crippen molar-refractivity contribution in [3.05, 3.63) is 59.2 Å². The quantitative estimate of drug-likeness (QED) is 0.616. The molecule has 1 aliphatic heterocycles. The van der Waals surface area contributed by atoms with E-state index in [1.807, 2.05) is 16.7 Å². The topological polar surface area (TPSA) is 67.9 Å². The number of aryl methyl sites for hydroxylation is 1. The molecule has 0 aliphatic carbocycles. The fraction of sp³-hybridized carbons (Fsp3) is 0.304. The van der Waals surface area contributed by atoms with Gasteiger partial charge >= 0.3 is 6.61 Å². The van der Waals surface area contributed by atoms with Crippen LogP contribution in [0.5, 0.6) is 11.5 Å². The van der Waals surface area contributed by atoms with E-state index in [0.29, 0.717) is 11.3 Å². The maximum atomic E-state index is 12.7. The monoisotopic (exact) mass is 462 g/mol. The number of nitrogens with one attached hydrogen (secondary N) is 1. The first-order valence-electron chi connectivity index (χ1n) is 9.97. The van der Waals surface area contributed by atoms with Crippen LogP contribution in [0.4, 0.5) is 14.5 Å². The van der Waals surface area contributed by atoms with Crippen LogP contribution in [0.1, 0.15) is 21.5 Å². The Kier molecular flexibility index (Phi) is 8.10. The molecule has 2 amide bonds. The van der Waals surface area contributed by atoms with Gasteiger partial charge < -0.3 is 19.7 Å². The normalized spacial score (nSPS) is 14.0. The van der Waals surface area contributed by atoms with Crippen molar-refractivity contribution >= 4 is 35.3 Å². The predicted octanol–water partition coefficient (Wildman–Crippen LogP) is 4.45. The number of carbonyl (C=O) groups is 2. The van der Waals surface area contributed by atoms with Crippen LogP contribution in [0.2, 0.25) is 0 Å². The van der Waals surface area contributed by atoms with E-state index in [9.17, 15) is 18.4 Å². The number of benzene rings is 2. The molecule has 0 saturated carbocycles. The Bertz CT molecular complexity index is 1010. The molecule has 1 aliphatic rings. The van der Waals surface area contributed by atoms with Gasteiger partial charge in [0.25, 0.3) is 5.91 Å². The molecule has 0 unspecified atom stereocenters. The highest BCUT2D eigenvalue weighted by Crippen LogP contribution is 2.33. The van der Waals surface area contributed by atoms with Crippen LogP contribution in [0.25, 0.3) is 6.08 Å². The van der Waals surface area contributed by atoms with Gasteiger partial charge in [0.2, 0.25) is 5.91 Å². The SMILES string of the molecule is COc1cccc(/C=C/C(=O)Nc2ccc(C(=O)N3CCSCC3)cc2C)c1OC(F)F. The average molecular weight is 463 g/mol. The van der Waals surface area contributed by atoms with Gasteiger partial charge in [0.1, 0.15) is 0 Å². The third kappa shape index (κ3) is 6.00. The second-order valence-corrected chi connectivity index (χ2v) is 8.24. The highest BCUT2D eigenvalue weighted by Gasteiger charge is 2.19. The number of hydrogen-bond donors (Lipinski definition) is 1. The number of para-hydroxylation sites is 1. The molecule has 2 aromatic carbocycles. The van der Waals surface area contributed by atoms with Crippen LogP contribution in [0.3, 0.4) is 0 Å². The van der Waals surface area contributed by atoms with Crippen molar-refractivity contribution in [1.29, 1.82) is 0 Å². The minimum absolute atomic E-state index is 0.0178. The Morgan fingerprint density at radius 1 is 1.19 bits per heavy atom. The smallest absolute Gasteiger partial charge is 0.387 e. The minimum atomic E-state index is -3.03. The molecule has 0 spiro atoms. The summed E-state index contributed by atoms with van der Waals surface area (Å²) in [5, 5.41) is 2.74. The van der Waals surface area contributed by atoms with E-state index in [-0.39, 0.29) is 23.0 Å². The first-order chi connectivity index (χ1) is 15.4. The second kappa shape index (κ2) is 11.0. The third-order valence-electron chi connectivity index (χ3n) is 4.88. The molecular formula is C23H24F2N2O4S. The van der Waals surface area contributed by atoms with E-state index in [1.54, 1.807) is 31.2 Å². The van der Waals surface area contributed by atoms with Gasteiger partial charge in [-0.3, -0.25) is 9.59 Å². The number of amides is 2. The van der Waals surface area contributed by atoms with Crippen LogP contribution in [-0.2, 0) is 4.79 Å². The summed E-state index contributed by atoms with van der Waals surface area (Å²) < 4.78 is 35.1. The molecule has 170 valence electrons. The van der Waals surface area contributed by atoms with Gasteiger partial charge in [-0.25, -0.2) is 0 Å². The van der Waals surface area contributed by atoms with E-state index < -0.39 is 12.5 Å². The Morgan fingerprint density at radius 2 is 1.94 bits per heavy atom. The number of methoxy groups -OCH3 is 1. The van der Waals surface area contributed by atoms with Gasteiger partial charge in [-0.05, 0) is 42.8 Å². The summed E-state index contributed by atoms with van der Waals surface area (Å²) in [5.41, 5.74) is 2.15. The fourth-order valence-electron chi connectivity index (χ4n) is 3.27. The summed E-state index contributed by atoms with van der Waals surface area (Å²) in [4.78, 5) is 26.9. The number of alkyl halides is 2. The molecule has 1 fully saturated rings. The zero-order valence-corrected chi connectivity index (χ0v) is 18.6. The average Bonchev–Trinajstić information content (AvgIpc) is 2.79. The standard InChI is InChI=1S/C23H24F2N2O4S/c1-15-14-17(22(29)27-10-12-32-13-11-27)6-8-18(15)26-20(28)9-7-16-4-3-5-19(30-2)21(16)31-23(24)25/h3-9,14,23H,10-13H2,1-2H3,(H,26,28)/b9-7+. The van der Waals surface area contributed by atoms with Crippen LogP contribution >= 0.6 is 11.8 Å². The molecule has 9 heteroatoms. The predicted molar refractivity (Wildman–Crippen MR) is 122 cm³/mol. The van der Waals surface area contributed by atoms with Crippen molar-refractivity contribution in [2.24, 2.45) is 0 Å². The van der Waals surface area contributed by atoms with Gasteiger partial charge in [-0.1, -0.05) is 12.1 Å². The number of thioether (sulfide) groups is 1. The lowest BCUT2D eigenvalue weighted by Gasteiger charge is -2.26. The summed E-state index contributed by atoms with van der Waals surface area (Å²) in [6.45, 7) is 0.235. The highest BCUT2D eigenvalue weighted by molar-refractivity contribution is 7.99. The van der Waals surface area contributed by atoms with E-state index in [2.05, 4.69) is 10.1 Å². The summed E-state index contributed by atoms with van der Waals surface area (Å²) in [5.74, 6) is 1.38. The number of carbonyl (C=O) groups excluding carboxylic acids is 2. The van der Waals surface area contributed by atoms with Crippen molar-refractivity contribution < 1.29 is 27.8 Å². The lowest BCUT2D eigenvalue weighted by atomic mass is 10.1. The van der Waals surface area contributed by atoms with Crippen molar-refractivity contribution in [1.82, 2.24) is 4.90 Å². The second-order valence-electron chi connectivity index (χ2n) is 7.01. The van der Waals surface area contributed by atoms with E-state index in [4.69, 9.17) is 4.74 Å². The lowest BCUT2D eigenvalue weighted by Crippen LogP contribution is -2.37. The fourth-order valence-corrected chi connectivity index (χ4v) is 4.17. The van der Waals surface area contributed by atoms with Crippen LogP contribution in [-0.4, -0.2) is 55.0 Å². The molecule has 2 aromatic rings. The summed E-state index contributed by atoms with van der Waals surface area (Å²) in [6, 6.07) is 9.76. The van der Waals surface area contributed by atoms with Crippen molar-refractivity contribution in [2.45, 2.75) is 13.5 Å². The van der Waals surface area contributed by atoms with Gasteiger partial charge in [0.15, 0.2) is 11.5 Å². The first-order valence-corrected chi connectivity index (χ1v) is 11.1. The van der Waals surface area contributed by atoms with Crippen LogP contribution in [0, 0.1) is 6.92 Å². The highest BCUT2D eigenvalue weighted by atomic mass is 32.2. The van der Waals surface area contributed by atoms with E-state index in [0.717, 1.165) is 30.2 Å². The number of anilines is 1. The molecule has 0 bridgehead atoms. The summed E-state index contributed by atoms with van der Waals surface area (Å²) >= 11 is 1.83. The Balaban J connectivity index is 1.70. The number of hydrogen-bond acceptors (Lipinski definition) is 5. The van der Waals surface area contributed by atoms with E-state index in [1.165, 1.54) is 31.4 Å². The molecule has 0 aromatic heterocycles. The zero-order chi connectivity index (χ0) is 23.1. The number of nitrogens with zero attached hydrogens (tertiary/aromatic N) is 1. The molecule has 32 heavy (non-hydrogen) atoms. The van der Waals surface area contributed by atoms with Crippen molar-refractivity contribution in [3.8, 4) is 11.5 Å². The number of rotatable bonds is 7. The zero-order valence-electron chi connectivity index (χ0n) is 17.8. The Hall–Kier alpha value is -3.07. The minimum Gasteiger partial charge on any atom is -0.493 e. The molecule has 0 radical (unpaired) electrons.